The van der Waals surface area contributed by atoms with Crippen molar-refractivity contribution in [3.05, 3.63) is 63.9 Å². The van der Waals surface area contributed by atoms with Crippen molar-refractivity contribution in [2.45, 2.75) is 6.92 Å². The Bertz CT molecular complexity index is 1070. The Labute approximate surface area is 177 Å². The van der Waals surface area contributed by atoms with Gasteiger partial charge < -0.3 is 10.2 Å². The highest BCUT2D eigenvalue weighted by molar-refractivity contribution is 7.09. The lowest BCUT2D eigenvalue weighted by Crippen LogP contribution is -2.37. The number of hydrogen-bond acceptors (Lipinski definition) is 4. The smallest absolute Gasteiger partial charge is 0.325 e. The summed E-state index contributed by atoms with van der Waals surface area (Å²) in [5.41, 5.74) is 3.24. The minimum absolute atomic E-state index is 0.00403. The lowest BCUT2D eigenvalue weighted by Gasteiger charge is -2.18. The average Bonchev–Trinajstić information content (AvgIpc) is 3.28. The SMILES string of the molecule is Cc1nc(-c2cccc(NC(=O)CN3CCN(c4cccc(Cl)c4)C3=O)c2)cs1. The normalized spacial score (nSPS) is 13.8. The summed E-state index contributed by atoms with van der Waals surface area (Å²) in [6.45, 7) is 2.96. The van der Waals surface area contributed by atoms with Crippen LogP contribution in [0, 0.1) is 6.92 Å². The number of thiazole rings is 1. The Morgan fingerprint density at radius 1 is 1.21 bits per heavy atom. The Kier molecular flexibility index (Phi) is 5.51. The minimum atomic E-state index is -0.238. The Morgan fingerprint density at radius 3 is 2.79 bits per heavy atom. The average molecular weight is 427 g/mol. The number of amides is 3. The highest BCUT2D eigenvalue weighted by atomic mass is 35.5. The van der Waals surface area contributed by atoms with Gasteiger partial charge >= 0.3 is 6.03 Å². The van der Waals surface area contributed by atoms with E-state index in [4.69, 9.17) is 11.6 Å². The second-order valence-electron chi connectivity index (χ2n) is 6.72. The van der Waals surface area contributed by atoms with Gasteiger partial charge in [0.25, 0.3) is 0 Å². The molecule has 0 radical (unpaired) electrons. The molecule has 1 aliphatic heterocycles. The summed E-state index contributed by atoms with van der Waals surface area (Å²) in [5, 5.41) is 6.43. The quantitative estimate of drug-likeness (QED) is 0.645. The van der Waals surface area contributed by atoms with E-state index in [9.17, 15) is 9.59 Å². The van der Waals surface area contributed by atoms with Crippen molar-refractivity contribution in [3.8, 4) is 11.3 Å². The van der Waals surface area contributed by atoms with E-state index in [1.807, 2.05) is 42.6 Å². The summed E-state index contributed by atoms with van der Waals surface area (Å²) in [7, 11) is 0. The van der Waals surface area contributed by atoms with Crippen LogP contribution in [-0.4, -0.2) is 41.5 Å². The summed E-state index contributed by atoms with van der Waals surface area (Å²) < 4.78 is 0. The van der Waals surface area contributed by atoms with Crippen molar-refractivity contribution in [2.75, 3.05) is 29.9 Å². The summed E-state index contributed by atoms with van der Waals surface area (Å²) in [4.78, 5) is 32.8. The molecule has 0 unspecified atom stereocenters. The van der Waals surface area contributed by atoms with Gasteiger partial charge in [-0.25, -0.2) is 9.78 Å². The molecule has 2 aromatic carbocycles. The van der Waals surface area contributed by atoms with Crippen molar-refractivity contribution in [2.24, 2.45) is 0 Å². The van der Waals surface area contributed by atoms with E-state index in [-0.39, 0.29) is 18.5 Å². The Hall–Kier alpha value is -2.90. The second kappa shape index (κ2) is 8.23. The number of anilines is 2. The predicted molar refractivity (Wildman–Crippen MR) is 117 cm³/mol. The maximum atomic E-state index is 12.7. The third kappa shape index (κ3) is 4.41. The molecule has 29 heavy (non-hydrogen) atoms. The minimum Gasteiger partial charge on any atom is -0.325 e. The van der Waals surface area contributed by atoms with E-state index in [0.29, 0.717) is 23.8 Å². The van der Waals surface area contributed by atoms with Gasteiger partial charge in [0, 0.05) is 40.4 Å². The summed E-state index contributed by atoms with van der Waals surface area (Å²) in [6, 6.07) is 14.5. The van der Waals surface area contributed by atoms with Gasteiger partial charge in [0.2, 0.25) is 5.91 Å². The summed E-state index contributed by atoms with van der Waals surface area (Å²) in [5.74, 6) is -0.238. The van der Waals surface area contributed by atoms with E-state index in [1.165, 1.54) is 4.90 Å². The van der Waals surface area contributed by atoms with E-state index < -0.39 is 0 Å². The van der Waals surface area contributed by atoms with Gasteiger partial charge in [-0.2, -0.15) is 0 Å². The fourth-order valence-electron chi connectivity index (χ4n) is 3.24. The topological polar surface area (TPSA) is 65.5 Å². The number of nitrogens with one attached hydrogen (secondary N) is 1. The zero-order chi connectivity index (χ0) is 20.4. The van der Waals surface area contributed by atoms with Gasteiger partial charge in [-0.15, -0.1) is 11.3 Å². The lowest BCUT2D eigenvalue weighted by atomic mass is 10.1. The molecule has 1 fully saturated rings. The van der Waals surface area contributed by atoms with Crippen molar-refractivity contribution in [3.63, 3.8) is 0 Å². The molecular weight excluding hydrogens is 408 g/mol. The number of carbonyl (C=O) groups is 2. The predicted octanol–water partition coefficient (Wildman–Crippen LogP) is 4.65. The molecule has 1 N–H and O–H groups in total. The Morgan fingerprint density at radius 2 is 2.03 bits per heavy atom. The van der Waals surface area contributed by atoms with Crippen molar-refractivity contribution < 1.29 is 9.59 Å². The maximum Gasteiger partial charge on any atom is 0.325 e. The monoisotopic (exact) mass is 426 g/mol. The van der Waals surface area contributed by atoms with Crippen LogP contribution in [0.1, 0.15) is 5.01 Å². The van der Waals surface area contributed by atoms with Crippen LogP contribution < -0.4 is 10.2 Å². The summed E-state index contributed by atoms with van der Waals surface area (Å²) in [6.07, 6.45) is 0. The molecule has 2 heterocycles. The molecule has 8 heteroatoms. The van der Waals surface area contributed by atoms with Crippen LogP contribution in [0.25, 0.3) is 11.3 Å². The molecule has 0 atom stereocenters. The van der Waals surface area contributed by atoms with Crippen molar-refractivity contribution in [1.82, 2.24) is 9.88 Å². The standard InChI is InChI=1S/C21H19ClN4O2S/c1-14-23-19(13-29-14)15-4-2-6-17(10-15)24-20(27)12-25-8-9-26(21(25)28)18-7-3-5-16(22)11-18/h2-7,10-11,13H,8-9,12H2,1H3,(H,24,27). The number of benzene rings is 2. The number of urea groups is 1. The molecule has 1 aliphatic rings. The van der Waals surface area contributed by atoms with Crippen LogP contribution in [0.3, 0.4) is 0 Å². The molecule has 0 aliphatic carbocycles. The Balaban J connectivity index is 1.40. The second-order valence-corrected chi connectivity index (χ2v) is 8.22. The van der Waals surface area contributed by atoms with E-state index in [0.717, 1.165) is 22.0 Å². The third-order valence-corrected chi connectivity index (χ3v) is 5.62. The van der Waals surface area contributed by atoms with E-state index >= 15 is 0 Å². The molecule has 0 saturated carbocycles. The maximum absolute atomic E-state index is 12.7. The van der Waals surface area contributed by atoms with Crippen LogP contribution in [0.4, 0.5) is 16.2 Å². The van der Waals surface area contributed by atoms with Gasteiger partial charge in [-0.05, 0) is 37.3 Å². The largest absolute Gasteiger partial charge is 0.325 e. The lowest BCUT2D eigenvalue weighted by molar-refractivity contribution is -0.116. The molecule has 148 valence electrons. The molecule has 1 saturated heterocycles. The number of nitrogens with zero attached hydrogens (tertiary/aromatic N) is 3. The number of rotatable bonds is 5. The first kappa shape index (κ1) is 19.4. The van der Waals surface area contributed by atoms with E-state index in [2.05, 4.69) is 10.3 Å². The fourth-order valence-corrected chi connectivity index (χ4v) is 4.05. The van der Waals surface area contributed by atoms with Crippen molar-refractivity contribution >= 4 is 46.3 Å². The van der Waals surface area contributed by atoms with Crippen LogP contribution in [-0.2, 0) is 4.79 Å². The number of halogens is 1. The van der Waals surface area contributed by atoms with Crippen LogP contribution >= 0.6 is 22.9 Å². The molecule has 0 spiro atoms. The number of aromatic nitrogens is 1. The van der Waals surface area contributed by atoms with Gasteiger partial charge in [-0.3, -0.25) is 9.69 Å². The van der Waals surface area contributed by atoms with Gasteiger partial charge in [-0.1, -0.05) is 29.8 Å². The van der Waals surface area contributed by atoms with Gasteiger partial charge in [0.15, 0.2) is 0 Å². The molecule has 0 bridgehead atoms. The highest BCUT2D eigenvalue weighted by Gasteiger charge is 2.30. The first-order valence-electron chi connectivity index (χ1n) is 9.14. The van der Waals surface area contributed by atoms with E-state index in [1.54, 1.807) is 34.4 Å². The first-order chi connectivity index (χ1) is 14.0. The zero-order valence-electron chi connectivity index (χ0n) is 15.8. The van der Waals surface area contributed by atoms with Crippen LogP contribution in [0.15, 0.2) is 53.9 Å². The molecule has 3 amide bonds. The highest BCUT2D eigenvalue weighted by Crippen LogP contribution is 2.25. The zero-order valence-corrected chi connectivity index (χ0v) is 17.3. The van der Waals surface area contributed by atoms with Gasteiger partial charge in [0.05, 0.1) is 10.7 Å². The number of hydrogen-bond donors (Lipinski definition) is 1. The first-order valence-corrected chi connectivity index (χ1v) is 10.4. The molecular formula is C21H19ClN4O2S. The van der Waals surface area contributed by atoms with Crippen LogP contribution in [0.5, 0.6) is 0 Å². The van der Waals surface area contributed by atoms with Crippen LogP contribution in [0.2, 0.25) is 5.02 Å². The fraction of sp³-hybridized carbons (Fsp3) is 0.190. The number of carbonyl (C=O) groups excluding carboxylic acids is 2. The molecule has 3 aromatic rings. The number of aryl methyl sites for hydroxylation is 1. The molecule has 6 nitrogen and oxygen atoms in total. The molecule has 1 aromatic heterocycles. The third-order valence-electron chi connectivity index (χ3n) is 4.61. The van der Waals surface area contributed by atoms with Gasteiger partial charge in [0.1, 0.15) is 6.54 Å². The molecule has 4 rings (SSSR count). The summed E-state index contributed by atoms with van der Waals surface area (Å²) >= 11 is 7.61. The van der Waals surface area contributed by atoms with Crippen molar-refractivity contribution in [1.29, 1.82) is 0 Å².